The number of carbonyl (C=O) groups is 1. The molecule has 7 nitrogen and oxygen atoms in total. The van der Waals surface area contributed by atoms with Crippen LogP contribution in [-0.4, -0.2) is 20.3 Å². The smallest absolute Gasteiger partial charge is 0.346 e. The fraction of sp³-hybridized carbons (Fsp3) is 0.154. The van der Waals surface area contributed by atoms with E-state index in [1.165, 1.54) is 24.3 Å². The van der Waals surface area contributed by atoms with Crippen LogP contribution in [0.15, 0.2) is 82.4 Å². The van der Waals surface area contributed by atoms with E-state index >= 15 is 0 Å². The molecule has 4 aromatic rings. The second kappa shape index (κ2) is 9.66. The van der Waals surface area contributed by atoms with Crippen LogP contribution in [0.2, 0.25) is 0 Å². The number of rotatable bonds is 6. The third-order valence-corrected chi connectivity index (χ3v) is 5.31. The van der Waals surface area contributed by atoms with Crippen LogP contribution in [0.3, 0.4) is 0 Å². The maximum absolute atomic E-state index is 13.3. The lowest BCUT2D eigenvalue weighted by molar-refractivity contribution is 0.0941. The van der Waals surface area contributed by atoms with Gasteiger partial charge in [-0.1, -0.05) is 54.1 Å². The van der Waals surface area contributed by atoms with Crippen LogP contribution in [0.25, 0.3) is 5.69 Å². The first-order valence-corrected chi connectivity index (χ1v) is 10.7. The van der Waals surface area contributed by atoms with E-state index in [4.69, 9.17) is 0 Å². The molecule has 0 spiro atoms. The Balaban J connectivity index is 1.77. The Morgan fingerprint density at radius 3 is 2.26 bits per heavy atom. The van der Waals surface area contributed by atoms with Crippen LogP contribution >= 0.6 is 0 Å². The zero-order chi connectivity index (χ0) is 24.2. The van der Waals surface area contributed by atoms with Crippen LogP contribution in [0.5, 0.6) is 0 Å². The molecule has 0 fully saturated rings. The Morgan fingerprint density at radius 2 is 1.59 bits per heavy atom. The molecule has 0 bridgehead atoms. The molecule has 1 heterocycles. The minimum atomic E-state index is -0.785. The Kier molecular flexibility index (Phi) is 6.49. The fourth-order valence-electron chi connectivity index (χ4n) is 3.59. The number of carbonyl (C=O) groups excluding carboxylic acids is 1. The van der Waals surface area contributed by atoms with Gasteiger partial charge in [0.2, 0.25) is 5.69 Å². The highest BCUT2D eigenvalue weighted by Crippen LogP contribution is 2.08. The average molecular weight is 458 g/mol. The van der Waals surface area contributed by atoms with Crippen LogP contribution in [0.4, 0.5) is 4.39 Å². The molecular formula is C26H23FN4O3. The summed E-state index contributed by atoms with van der Waals surface area (Å²) >= 11 is 0. The molecule has 1 N–H and O–H groups in total. The van der Waals surface area contributed by atoms with Crippen LogP contribution in [0.1, 0.15) is 32.7 Å². The summed E-state index contributed by atoms with van der Waals surface area (Å²) in [7, 11) is 0. The van der Waals surface area contributed by atoms with Gasteiger partial charge < -0.3 is 5.32 Å². The third kappa shape index (κ3) is 5.01. The van der Waals surface area contributed by atoms with Gasteiger partial charge in [0.15, 0.2) is 0 Å². The van der Waals surface area contributed by atoms with Crippen molar-refractivity contribution in [2.45, 2.75) is 26.9 Å². The van der Waals surface area contributed by atoms with Crippen molar-refractivity contribution in [3.05, 3.63) is 127 Å². The molecule has 0 unspecified atom stereocenters. The van der Waals surface area contributed by atoms with Crippen LogP contribution in [-0.2, 0) is 13.1 Å². The van der Waals surface area contributed by atoms with Crippen molar-refractivity contribution in [3.63, 3.8) is 0 Å². The highest BCUT2D eigenvalue weighted by Gasteiger charge is 2.20. The maximum atomic E-state index is 13.3. The molecule has 0 aliphatic heterocycles. The predicted octanol–water partition coefficient (Wildman–Crippen LogP) is 3.13. The van der Waals surface area contributed by atoms with Crippen molar-refractivity contribution >= 4 is 5.91 Å². The molecule has 0 aliphatic carbocycles. The van der Waals surface area contributed by atoms with Gasteiger partial charge >= 0.3 is 5.69 Å². The molecule has 0 saturated heterocycles. The van der Waals surface area contributed by atoms with Crippen LogP contribution in [0, 0.1) is 19.7 Å². The van der Waals surface area contributed by atoms with Gasteiger partial charge in [-0.2, -0.15) is 9.78 Å². The molecule has 0 radical (unpaired) electrons. The van der Waals surface area contributed by atoms with E-state index in [2.05, 4.69) is 10.4 Å². The van der Waals surface area contributed by atoms with Crippen molar-refractivity contribution in [1.29, 1.82) is 0 Å². The molecule has 34 heavy (non-hydrogen) atoms. The summed E-state index contributed by atoms with van der Waals surface area (Å²) in [5, 5.41) is 6.76. The van der Waals surface area contributed by atoms with Crippen molar-refractivity contribution in [1.82, 2.24) is 19.7 Å². The van der Waals surface area contributed by atoms with Gasteiger partial charge in [0.05, 0.1) is 12.2 Å². The number of benzene rings is 3. The number of hydrogen-bond acceptors (Lipinski definition) is 4. The standard InChI is InChI=1S/C26H23FN4O3/c1-17-5-3-7-20(13-17)16-30-25(33)23(24(32)28-15-19-9-11-21(27)12-10-19)29-31(26(30)34)22-8-4-6-18(2)14-22/h3-14H,15-16H2,1-2H3,(H,28,32). The first-order chi connectivity index (χ1) is 16.3. The van der Waals surface area contributed by atoms with Crippen LogP contribution < -0.4 is 16.6 Å². The van der Waals surface area contributed by atoms with Crippen molar-refractivity contribution in [3.8, 4) is 5.69 Å². The number of aryl methyl sites for hydroxylation is 2. The third-order valence-electron chi connectivity index (χ3n) is 5.31. The van der Waals surface area contributed by atoms with E-state index in [0.717, 1.165) is 25.9 Å². The summed E-state index contributed by atoms with van der Waals surface area (Å²) in [4.78, 5) is 39.4. The topological polar surface area (TPSA) is 86.0 Å². The Hall–Kier alpha value is -4.33. The SMILES string of the molecule is Cc1cccc(Cn2c(=O)c(C(=O)NCc3ccc(F)cc3)nn(-c3cccc(C)c3)c2=O)c1. The summed E-state index contributed by atoms with van der Waals surface area (Å²) < 4.78 is 15.2. The van der Waals surface area contributed by atoms with E-state index in [0.29, 0.717) is 11.3 Å². The molecule has 1 amide bonds. The maximum Gasteiger partial charge on any atom is 0.352 e. The summed E-state index contributed by atoms with van der Waals surface area (Å²) in [6.45, 7) is 3.85. The van der Waals surface area contributed by atoms with Crippen molar-refractivity contribution < 1.29 is 9.18 Å². The quantitative estimate of drug-likeness (QED) is 0.481. The number of aromatic nitrogens is 3. The second-order valence-corrected chi connectivity index (χ2v) is 8.07. The zero-order valence-corrected chi connectivity index (χ0v) is 18.8. The van der Waals surface area contributed by atoms with E-state index in [9.17, 15) is 18.8 Å². The lowest BCUT2D eigenvalue weighted by Gasteiger charge is -2.13. The summed E-state index contributed by atoms with van der Waals surface area (Å²) in [5.74, 6) is -1.12. The van der Waals surface area contributed by atoms with Gasteiger partial charge in [0, 0.05) is 6.54 Å². The molecule has 172 valence electrons. The van der Waals surface area contributed by atoms with Gasteiger partial charge in [0.25, 0.3) is 11.5 Å². The predicted molar refractivity (Wildman–Crippen MR) is 127 cm³/mol. The summed E-state index contributed by atoms with van der Waals surface area (Å²) in [6, 6.07) is 20.1. The van der Waals surface area contributed by atoms with E-state index in [1.54, 1.807) is 18.2 Å². The van der Waals surface area contributed by atoms with Gasteiger partial charge in [-0.15, -0.1) is 0 Å². The van der Waals surface area contributed by atoms with E-state index in [-0.39, 0.29) is 18.9 Å². The van der Waals surface area contributed by atoms with E-state index in [1.807, 2.05) is 44.2 Å². The minimum absolute atomic E-state index is 0.00801. The molecule has 3 aromatic carbocycles. The number of nitrogens with zero attached hydrogens (tertiary/aromatic N) is 3. The number of amides is 1. The molecule has 0 aliphatic rings. The zero-order valence-electron chi connectivity index (χ0n) is 18.8. The first kappa shape index (κ1) is 22.8. The Bertz CT molecular complexity index is 1470. The summed E-state index contributed by atoms with van der Waals surface area (Å²) in [5.41, 5.74) is 1.88. The number of halogens is 1. The van der Waals surface area contributed by atoms with Gasteiger partial charge in [0.1, 0.15) is 5.82 Å². The highest BCUT2D eigenvalue weighted by molar-refractivity contribution is 5.91. The fourth-order valence-corrected chi connectivity index (χ4v) is 3.59. The molecular weight excluding hydrogens is 435 g/mol. The van der Waals surface area contributed by atoms with Gasteiger partial charge in [-0.05, 0) is 54.8 Å². The monoisotopic (exact) mass is 458 g/mol. The number of nitrogens with one attached hydrogen (secondary N) is 1. The lowest BCUT2D eigenvalue weighted by Crippen LogP contribution is -2.46. The summed E-state index contributed by atoms with van der Waals surface area (Å²) in [6.07, 6.45) is 0. The van der Waals surface area contributed by atoms with Crippen molar-refractivity contribution in [2.75, 3.05) is 0 Å². The molecule has 4 rings (SSSR count). The average Bonchev–Trinajstić information content (AvgIpc) is 2.81. The number of hydrogen-bond donors (Lipinski definition) is 1. The highest BCUT2D eigenvalue weighted by atomic mass is 19.1. The molecule has 0 atom stereocenters. The normalized spacial score (nSPS) is 10.8. The Morgan fingerprint density at radius 1 is 0.912 bits per heavy atom. The first-order valence-electron chi connectivity index (χ1n) is 10.7. The Labute approximate surface area is 195 Å². The van der Waals surface area contributed by atoms with Gasteiger partial charge in [-0.25, -0.2) is 9.18 Å². The molecule has 1 aromatic heterocycles. The van der Waals surface area contributed by atoms with E-state index < -0.39 is 22.9 Å². The molecule has 0 saturated carbocycles. The second-order valence-electron chi connectivity index (χ2n) is 8.07. The molecule has 8 heteroatoms. The largest absolute Gasteiger partial charge is 0.352 e. The minimum Gasteiger partial charge on any atom is -0.346 e. The van der Waals surface area contributed by atoms with Gasteiger partial charge in [-0.3, -0.25) is 14.2 Å². The van der Waals surface area contributed by atoms with Crippen molar-refractivity contribution in [2.24, 2.45) is 0 Å². The lowest BCUT2D eigenvalue weighted by atomic mass is 10.1.